The largest absolute Gasteiger partial charge is 0.573 e. The molecular formula is C14H18ClF3N2O4. The minimum absolute atomic E-state index is 0. The Morgan fingerprint density at radius 1 is 1.21 bits per heavy atom. The first-order valence-electron chi connectivity index (χ1n) is 6.61. The molecule has 0 fully saturated rings. The van der Waals surface area contributed by atoms with Crippen molar-refractivity contribution in [3.63, 3.8) is 0 Å². The van der Waals surface area contributed by atoms with E-state index in [1.807, 2.05) is 0 Å². The van der Waals surface area contributed by atoms with Crippen LogP contribution in [0.5, 0.6) is 5.75 Å². The van der Waals surface area contributed by atoms with Crippen molar-refractivity contribution >= 4 is 24.3 Å². The van der Waals surface area contributed by atoms with E-state index in [9.17, 15) is 22.8 Å². The molecule has 1 amide bonds. The van der Waals surface area contributed by atoms with Crippen LogP contribution >= 0.6 is 12.4 Å². The number of alkyl halides is 3. The van der Waals surface area contributed by atoms with Crippen molar-refractivity contribution in [2.24, 2.45) is 0 Å². The number of esters is 1. The second-order valence-corrected chi connectivity index (χ2v) is 4.55. The molecule has 0 aliphatic rings. The molecule has 0 bridgehead atoms. The zero-order valence-electron chi connectivity index (χ0n) is 13.0. The van der Waals surface area contributed by atoms with Crippen LogP contribution in [0.15, 0.2) is 24.3 Å². The number of nitrogens with one attached hydrogen (secondary N) is 2. The molecule has 24 heavy (non-hydrogen) atoms. The standard InChI is InChI=1S/C14H17F3N2O4.ClH/c1-18-8-12(20)19-11(7-13(21)22-2)9-3-5-10(6-4-9)23-14(15,16)17;/h3-6,11,18H,7-8H2,1-2H3,(H,19,20);1H. The average Bonchev–Trinajstić information content (AvgIpc) is 2.45. The lowest BCUT2D eigenvalue weighted by molar-refractivity contribution is -0.274. The summed E-state index contributed by atoms with van der Waals surface area (Å²) in [5, 5.41) is 5.26. The van der Waals surface area contributed by atoms with E-state index < -0.39 is 18.4 Å². The number of amides is 1. The molecule has 0 saturated carbocycles. The van der Waals surface area contributed by atoms with E-state index in [2.05, 4.69) is 20.1 Å². The van der Waals surface area contributed by atoms with Crippen LogP contribution in [0.4, 0.5) is 13.2 Å². The van der Waals surface area contributed by atoms with E-state index in [0.717, 1.165) is 12.1 Å². The summed E-state index contributed by atoms with van der Waals surface area (Å²) in [6, 6.07) is 4.18. The molecular weight excluding hydrogens is 353 g/mol. The van der Waals surface area contributed by atoms with Gasteiger partial charge in [0.2, 0.25) is 5.91 Å². The van der Waals surface area contributed by atoms with Gasteiger partial charge in [0.25, 0.3) is 0 Å². The molecule has 0 heterocycles. The lowest BCUT2D eigenvalue weighted by Gasteiger charge is -2.19. The molecule has 1 unspecified atom stereocenters. The summed E-state index contributed by atoms with van der Waals surface area (Å²) in [5.41, 5.74) is 0.453. The Balaban J connectivity index is 0.00000529. The molecule has 1 aromatic rings. The van der Waals surface area contributed by atoms with Crippen LogP contribution in [0.2, 0.25) is 0 Å². The van der Waals surface area contributed by atoms with Gasteiger partial charge in [-0.3, -0.25) is 9.59 Å². The highest BCUT2D eigenvalue weighted by atomic mass is 35.5. The number of carbonyl (C=O) groups excluding carboxylic acids is 2. The quantitative estimate of drug-likeness (QED) is 0.717. The van der Waals surface area contributed by atoms with Crippen LogP contribution in [-0.4, -0.2) is 38.9 Å². The van der Waals surface area contributed by atoms with Crippen LogP contribution in [0.3, 0.4) is 0 Å². The van der Waals surface area contributed by atoms with Crippen molar-refractivity contribution < 1.29 is 32.2 Å². The number of ether oxygens (including phenoxy) is 2. The fraction of sp³-hybridized carbons (Fsp3) is 0.429. The van der Waals surface area contributed by atoms with Gasteiger partial charge in [0.05, 0.1) is 26.1 Å². The van der Waals surface area contributed by atoms with Crippen molar-refractivity contribution in [2.75, 3.05) is 20.7 Å². The number of benzene rings is 1. The van der Waals surface area contributed by atoms with Gasteiger partial charge in [-0.2, -0.15) is 0 Å². The maximum absolute atomic E-state index is 12.1. The zero-order chi connectivity index (χ0) is 17.5. The first kappa shape index (κ1) is 22.0. The summed E-state index contributed by atoms with van der Waals surface area (Å²) in [5.74, 6) is -1.31. The number of methoxy groups -OCH3 is 1. The Hall–Kier alpha value is -2.00. The van der Waals surface area contributed by atoms with Crippen molar-refractivity contribution in [3.8, 4) is 5.75 Å². The van der Waals surface area contributed by atoms with Crippen molar-refractivity contribution in [1.82, 2.24) is 10.6 Å². The first-order chi connectivity index (χ1) is 10.7. The second-order valence-electron chi connectivity index (χ2n) is 4.55. The Kier molecular flexibility index (Phi) is 9.16. The van der Waals surface area contributed by atoms with Crippen molar-refractivity contribution in [3.05, 3.63) is 29.8 Å². The SMILES string of the molecule is CNCC(=O)NC(CC(=O)OC)c1ccc(OC(F)(F)F)cc1.Cl. The number of carbonyl (C=O) groups is 2. The molecule has 136 valence electrons. The van der Waals surface area contributed by atoms with Crippen molar-refractivity contribution in [2.45, 2.75) is 18.8 Å². The van der Waals surface area contributed by atoms with Crippen LogP contribution in [0.1, 0.15) is 18.0 Å². The van der Waals surface area contributed by atoms with Gasteiger partial charge in [0.1, 0.15) is 5.75 Å². The summed E-state index contributed by atoms with van der Waals surface area (Å²) >= 11 is 0. The Morgan fingerprint density at radius 2 is 1.79 bits per heavy atom. The maximum atomic E-state index is 12.1. The molecule has 0 aliphatic carbocycles. The van der Waals surface area contributed by atoms with Gasteiger partial charge in [-0.1, -0.05) is 12.1 Å². The molecule has 1 atom stereocenters. The lowest BCUT2D eigenvalue weighted by atomic mass is 10.0. The van der Waals surface area contributed by atoms with E-state index in [-0.39, 0.29) is 37.0 Å². The molecule has 6 nitrogen and oxygen atoms in total. The number of halogens is 4. The summed E-state index contributed by atoms with van der Waals surface area (Å²) in [4.78, 5) is 23.1. The monoisotopic (exact) mass is 370 g/mol. The highest BCUT2D eigenvalue weighted by molar-refractivity contribution is 5.85. The fourth-order valence-corrected chi connectivity index (χ4v) is 1.81. The number of rotatable bonds is 7. The van der Waals surface area contributed by atoms with Crippen LogP contribution in [0.25, 0.3) is 0 Å². The van der Waals surface area contributed by atoms with Crippen LogP contribution < -0.4 is 15.4 Å². The van der Waals surface area contributed by atoms with Crippen molar-refractivity contribution in [1.29, 1.82) is 0 Å². The third-order valence-corrected chi connectivity index (χ3v) is 2.79. The predicted octanol–water partition coefficient (Wildman–Crippen LogP) is 1.95. The molecule has 0 aromatic heterocycles. The van der Waals surface area contributed by atoms with E-state index in [0.29, 0.717) is 5.56 Å². The first-order valence-corrected chi connectivity index (χ1v) is 6.61. The van der Waals surface area contributed by atoms with E-state index in [4.69, 9.17) is 0 Å². The molecule has 1 aromatic carbocycles. The maximum Gasteiger partial charge on any atom is 0.573 e. The lowest BCUT2D eigenvalue weighted by Crippen LogP contribution is -2.36. The minimum Gasteiger partial charge on any atom is -0.469 e. The third-order valence-electron chi connectivity index (χ3n) is 2.79. The van der Waals surface area contributed by atoms with E-state index in [1.165, 1.54) is 19.2 Å². The predicted molar refractivity (Wildman–Crippen MR) is 81.8 cm³/mol. The van der Waals surface area contributed by atoms with Gasteiger partial charge in [0, 0.05) is 0 Å². The third kappa shape index (κ3) is 8.02. The highest BCUT2D eigenvalue weighted by Crippen LogP contribution is 2.25. The Morgan fingerprint density at radius 3 is 2.25 bits per heavy atom. The van der Waals surface area contributed by atoms with Crippen LogP contribution in [0, 0.1) is 0 Å². The normalized spacial score (nSPS) is 11.9. The fourth-order valence-electron chi connectivity index (χ4n) is 1.81. The van der Waals surface area contributed by atoms with Crippen LogP contribution in [-0.2, 0) is 14.3 Å². The molecule has 1 rings (SSSR count). The zero-order valence-corrected chi connectivity index (χ0v) is 13.8. The average molecular weight is 371 g/mol. The second kappa shape index (κ2) is 9.99. The molecule has 10 heteroatoms. The van der Waals surface area contributed by atoms with E-state index in [1.54, 1.807) is 7.05 Å². The Labute approximate surface area is 143 Å². The number of likely N-dealkylation sites (N-methyl/N-ethyl adjacent to an activating group) is 1. The summed E-state index contributed by atoms with van der Waals surface area (Å²) in [7, 11) is 2.78. The minimum atomic E-state index is -4.78. The molecule has 0 radical (unpaired) electrons. The van der Waals surface area contributed by atoms with Gasteiger partial charge >= 0.3 is 12.3 Å². The molecule has 0 spiro atoms. The van der Waals surface area contributed by atoms with Gasteiger partial charge in [-0.25, -0.2) is 0 Å². The van der Waals surface area contributed by atoms with Gasteiger partial charge in [-0.05, 0) is 24.7 Å². The molecule has 0 saturated heterocycles. The highest BCUT2D eigenvalue weighted by Gasteiger charge is 2.31. The smallest absolute Gasteiger partial charge is 0.469 e. The molecule has 2 N–H and O–H groups in total. The van der Waals surface area contributed by atoms with Gasteiger partial charge in [0.15, 0.2) is 0 Å². The summed E-state index contributed by atoms with van der Waals surface area (Å²) < 4.78 is 44.7. The molecule has 0 aliphatic heterocycles. The number of hydrogen-bond donors (Lipinski definition) is 2. The van der Waals surface area contributed by atoms with Gasteiger partial charge in [-0.15, -0.1) is 25.6 Å². The van der Waals surface area contributed by atoms with Gasteiger partial charge < -0.3 is 20.1 Å². The topological polar surface area (TPSA) is 76.7 Å². The number of hydrogen-bond acceptors (Lipinski definition) is 5. The summed E-state index contributed by atoms with van der Waals surface area (Å²) in [6.45, 7) is 0.0347. The van der Waals surface area contributed by atoms with E-state index >= 15 is 0 Å². The summed E-state index contributed by atoms with van der Waals surface area (Å²) in [6.07, 6.45) is -4.93. The Bertz CT molecular complexity index is 538.